The van der Waals surface area contributed by atoms with Crippen molar-refractivity contribution in [3.63, 3.8) is 0 Å². The highest BCUT2D eigenvalue weighted by atomic mass is 15.2. The first-order chi connectivity index (χ1) is 10.2. The number of anilines is 2. The second-order valence-electron chi connectivity index (χ2n) is 5.71. The number of aromatic nitrogens is 1. The van der Waals surface area contributed by atoms with Gasteiger partial charge in [0, 0.05) is 30.5 Å². The van der Waals surface area contributed by atoms with E-state index in [-0.39, 0.29) is 0 Å². The first-order valence-electron chi connectivity index (χ1n) is 7.77. The molecule has 0 atom stereocenters. The van der Waals surface area contributed by atoms with Gasteiger partial charge < -0.3 is 10.6 Å². The fraction of sp³-hybridized carbons (Fsp3) is 0.389. The molecule has 2 N–H and O–H groups in total. The normalized spacial score (nSPS) is 13.3. The van der Waals surface area contributed by atoms with E-state index in [1.54, 1.807) is 0 Å². The number of nitrogens with two attached hydrogens (primary N) is 1. The number of hydrogen-bond donors (Lipinski definition) is 1. The number of fused-ring (bicyclic) bond motifs is 1. The molecule has 0 spiro atoms. The minimum atomic E-state index is 0.535. The van der Waals surface area contributed by atoms with E-state index in [9.17, 15) is 0 Å². The lowest BCUT2D eigenvalue weighted by Gasteiger charge is -2.22. The average molecular weight is 281 g/mol. The van der Waals surface area contributed by atoms with Gasteiger partial charge in [-0.1, -0.05) is 19.1 Å². The summed E-state index contributed by atoms with van der Waals surface area (Å²) in [6.45, 7) is 2.71. The third-order valence-electron chi connectivity index (χ3n) is 4.38. The van der Waals surface area contributed by atoms with Crippen molar-refractivity contribution >= 4 is 11.5 Å². The maximum atomic E-state index is 5.94. The van der Waals surface area contributed by atoms with Crippen LogP contribution in [-0.2, 0) is 25.8 Å². The highest BCUT2D eigenvalue weighted by Gasteiger charge is 2.18. The lowest BCUT2D eigenvalue weighted by atomic mass is 10.1. The fourth-order valence-electron chi connectivity index (χ4n) is 3.03. The summed E-state index contributed by atoms with van der Waals surface area (Å²) >= 11 is 0. The predicted octanol–water partition coefficient (Wildman–Crippen LogP) is 3.36. The van der Waals surface area contributed by atoms with Gasteiger partial charge in [0.25, 0.3) is 0 Å². The number of nitrogens with zero attached hydrogens (tertiary/aromatic N) is 2. The first-order valence-corrected chi connectivity index (χ1v) is 7.77. The Hall–Kier alpha value is -1.87. The first kappa shape index (κ1) is 14.1. The van der Waals surface area contributed by atoms with Crippen LogP contribution in [0.2, 0.25) is 0 Å². The zero-order valence-corrected chi connectivity index (χ0v) is 12.9. The molecule has 1 aliphatic rings. The van der Waals surface area contributed by atoms with E-state index in [0.29, 0.717) is 6.54 Å². The second kappa shape index (κ2) is 5.86. The number of aryl methyl sites for hydroxylation is 3. The Balaban J connectivity index is 1.98. The van der Waals surface area contributed by atoms with Crippen molar-refractivity contribution in [1.82, 2.24) is 4.98 Å². The monoisotopic (exact) mass is 281 g/mol. The van der Waals surface area contributed by atoms with Crippen molar-refractivity contribution in [3.8, 4) is 0 Å². The van der Waals surface area contributed by atoms with Crippen molar-refractivity contribution in [3.05, 3.63) is 52.7 Å². The summed E-state index contributed by atoms with van der Waals surface area (Å²) in [5.41, 5.74) is 12.2. The molecule has 1 aliphatic carbocycles. The molecule has 1 aromatic heterocycles. The minimum absolute atomic E-state index is 0.535. The Morgan fingerprint density at radius 2 is 1.95 bits per heavy atom. The lowest BCUT2D eigenvalue weighted by Crippen LogP contribution is -2.16. The summed E-state index contributed by atoms with van der Waals surface area (Å²) in [5.74, 6) is 1.00. The van der Waals surface area contributed by atoms with Gasteiger partial charge in [0.1, 0.15) is 5.82 Å². The number of benzene rings is 1. The smallest absolute Gasteiger partial charge is 0.137 e. The molecule has 1 aromatic carbocycles. The van der Waals surface area contributed by atoms with E-state index in [4.69, 9.17) is 10.7 Å². The van der Waals surface area contributed by atoms with Crippen LogP contribution >= 0.6 is 0 Å². The molecule has 0 bridgehead atoms. The molecule has 3 rings (SSSR count). The van der Waals surface area contributed by atoms with Crippen molar-refractivity contribution in [1.29, 1.82) is 0 Å². The van der Waals surface area contributed by atoms with Crippen LogP contribution < -0.4 is 10.6 Å². The highest BCUT2D eigenvalue weighted by molar-refractivity contribution is 5.63. The second-order valence-corrected chi connectivity index (χ2v) is 5.71. The van der Waals surface area contributed by atoms with Crippen LogP contribution in [0.15, 0.2) is 30.3 Å². The standard InChI is InChI=1S/C18H23N3/c1-3-13-7-9-16(10-8-13)21(2)18-15(12-19)11-14-5-4-6-17(14)20-18/h7-11H,3-6,12,19H2,1-2H3. The van der Waals surface area contributed by atoms with Crippen molar-refractivity contribution in [2.45, 2.75) is 39.2 Å². The van der Waals surface area contributed by atoms with Gasteiger partial charge in [-0.3, -0.25) is 0 Å². The van der Waals surface area contributed by atoms with Gasteiger partial charge in [-0.25, -0.2) is 4.98 Å². The van der Waals surface area contributed by atoms with Crippen LogP contribution in [0.25, 0.3) is 0 Å². The van der Waals surface area contributed by atoms with Gasteiger partial charge >= 0.3 is 0 Å². The Labute approximate surface area is 126 Å². The summed E-state index contributed by atoms with van der Waals surface area (Å²) in [4.78, 5) is 7.04. The predicted molar refractivity (Wildman–Crippen MR) is 88.0 cm³/mol. The zero-order valence-electron chi connectivity index (χ0n) is 12.9. The SMILES string of the molecule is CCc1ccc(N(C)c2nc3c(cc2CN)CCC3)cc1. The van der Waals surface area contributed by atoms with Crippen molar-refractivity contribution in [2.75, 3.05) is 11.9 Å². The topological polar surface area (TPSA) is 42.2 Å². The van der Waals surface area contributed by atoms with E-state index in [2.05, 4.69) is 49.2 Å². The number of pyridine rings is 1. The zero-order chi connectivity index (χ0) is 14.8. The maximum absolute atomic E-state index is 5.94. The largest absolute Gasteiger partial charge is 0.329 e. The lowest BCUT2D eigenvalue weighted by molar-refractivity contribution is 0.897. The molecule has 21 heavy (non-hydrogen) atoms. The molecule has 0 unspecified atom stereocenters. The molecule has 0 saturated heterocycles. The molecule has 0 saturated carbocycles. The van der Waals surface area contributed by atoms with E-state index in [0.717, 1.165) is 36.3 Å². The summed E-state index contributed by atoms with van der Waals surface area (Å²) < 4.78 is 0. The summed E-state index contributed by atoms with van der Waals surface area (Å²) in [6.07, 6.45) is 4.51. The van der Waals surface area contributed by atoms with Crippen molar-refractivity contribution in [2.24, 2.45) is 5.73 Å². The Morgan fingerprint density at radius 1 is 1.19 bits per heavy atom. The van der Waals surface area contributed by atoms with Gasteiger partial charge in [0.2, 0.25) is 0 Å². The summed E-state index contributed by atoms with van der Waals surface area (Å²) in [7, 11) is 2.07. The van der Waals surface area contributed by atoms with Gasteiger partial charge in [-0.2, -0.15) is 0 Å². The Morgan fingerprint density at radius 3 is 2.62 bits per heavy atom. The summed E-state index contributed by atoms with van der Waals surface area (Å²) in [5, 5.41) is 0. The minimum Gasteiger partial charge on any atom is -0.329 e. The molecule has 0 fully saturated rings. The van der Waals surface area contributed by atoms with E-state index >= 15 is 0 Å². The summed E-state index contributed by atoms with van der Waals surface area (Å²) in [6, 6.07) is 10.9. The number of rotatable bonds is 4. The maximum Gasteiger partial charge on any atom is 0.137 e. The van der Waals surface area contributed by atoms with E-state index < -0.39 is 0 Å². The van der Waals surface area contributed by atoms with Gasteiger partial charge in [-0.05, 0) is 55.0 Å². The molecular weight excluding hydrogens is 258 g/mol. The van der Waals surface area contributed by atoms with Crippen LogP contribution in [0, 0.1) is 0 Å². The molecule has 110 valence electrons. The highest BCUT2D eigenvalue weighted by Crippen LogP contribution is 2.30. The molecular formula is C18H23N3. The molecule has 1 heterocycles. The molecule has 0 amide bonds. The van der Waals surface area contributed by atoms with Gasteiger partial charge in [0.05, 0.1) is 0 Å². The third-order valence-corrected chi connectivity index (χ3v) is 4.38. The molecule has 0 radical (unpaired) electrons. The Bertz CT molecular complexity index is 632. The molecule has 3 nitrogen and oxygen atoms in total. The molecule has 3 heteroatoms. The Kier molecular flexibility index (Phi) is 3.93. The fourth-order valence-corrected chi connectivity index (χ4v) is 3.03. The average Bonchev–Trinajstić information content (AvgIpc) is 3.00. The van der Waals surface area contributed by atoms with Crippen LogP contribution in [0.5, 0.6) is 0 Å². The molecule has 2 aromatic rings. The van der Waals surface area contributed by atoms with Crippen LogP contribution in [0.1, 0.15) is 35.7 Å². The van der Waals surface area contributed by atoms with Crippen LogP contribution in [0.3, 0.4) is 0 Å². The van der Waals surface area contributed by atoms with Gasteiger partial charge in [-0.15, -0.1) is 0 Å². The third kappa shape index (κ3) is 2.66. The molecule has 0 aliphatic heterocycles. The van der Waals surface area contributed by atoms with E-state index in [1.165, 1.54) is 23.2 Å². The van der Waals surface area contributed by atoms with Crippen LogP contribution in [0.4, 0.5) is 11.5 Å². The van der Waals surface area contributed by atoms with Crippen molar-refractivity contribution < 1.29 is 0 Å². The number of hydrogen-bond acceptors (Lipinski definition) is 3. The van der Waals surface area contributed by atoms with Gasteiger partial charge in [0.15, 0.2) is 0 Å². The van der Waals surface area contributed by atoms with Crippen LogP contribution in [-0.4, -0.2) is 12.0 Å². The van der Waals surface area contributed by atoms with E-state index in [1.807, 2.05) is 0 Å². The quantitative estimate of drug-likeness (QED) is 0.934.